The SMILES string of the molecule is COC(=O)c1ccc(Cn2cc(/C=N\NC(=O)C(O)(c3ccccc3)c3ccccc3)c3ccccc32)o1. The van der Waals surface area contributed by atoms with Crippen LogP contribution in [0.1, 0.15) is 33.0 Å². The van der Waals surface area contributed by atoms with E-state index in [-0.39, 0.29) is 5.76 Å². The number of esters is 1. The Hall–Kier alpha value is -4.95. The first-order valence-corrected chi connectivity index (χ1v) is 11.9. The highest BCUT2D eigenvalue weighted by molar-refractivity contribution is 6.00. The summed E-state index contributed by atoms with van der Waals surface area (Å²) in [5.41, 5.74) is 3.12. The number of carbonyl (C=O) groups excluding carboxylic acids is 2. The number of para-hydroxylation sites is 1. The first kappa shape index (κ1) is 24.7. The molecule has 5 rings (SSSR count). The minimum absolute atomic E-state index is 0.132. The van der Waals surface area contributed by atoms with Crippen LogP contribution < -0.4 is 5.43 Å². The number of carbonyl (C=O) groups is 2. The molecule has 0 saturated carbocycles. The molecule has 8 heteroatoms. The fraction of sp³-hybridized carbons (Fsp3) is 0.100. The zero-order valence-corrected chi connectivity index (χ0v) is 20.6. The van der Waals surface area contributed by atoms with E-state index in [4.69, 9.17) is 9.15 Å². The zero-order chi connectivity index (χ0) is 26.5. The molecule has 3 aromatic carbocycles. The number of benzene rings is 3. The van der Waals surface area contributed by atoms with Crippen molar-refractivity contribution >= 4 is 29.0 Å². The molecule has 0 aliphatic carbocycles. The molecule has 1 amide bonds. The maximum absolute atomic E-state index is 13.3. The number of rotatable bonds is 8. The van der Waals surface area contributed by atoms with Gasteiger partial charge >= 0.3 is 5.97 Å². The molecule has 38 heavy (non-hydrogen) atoms. The summed E-state index contributed by atoms with van der Waals surface area (Å²) in [5.74, 6) is -0.504. The van der Waals surface area contributed by atoms with Crippen LogP contribution in [0.3, 0.4) is 0 Å². The number of nitrogens with one attached hydrogen (secondary N) is 1. The first-order valence-electron chi connectivity index (χ1n) is 11.9. The van der Waals surface area contributed by atoms with Gasteiger partial charge in [0, 0.05) is 22.7 Å². The van der Waals surface area contributed by atoms with Gasteiger partial charge in [0.25, 0.3) is 5.91 Å². The summed E-state index contributed by atoms with van der Waals surface area (Å²) in [6, 6.07) is 28.5. The molecule has 0 aliphatic heterocycles. The Morgan fingerprint density at radius 3 is 2.24 bits per heavy atom. The van der Waals surface area contributed by atoms with Gasteiger partial charge in [0.1, 0.15) is 5.76 Å². The Morgan fingerprint density at radius 2 is 1.58 bits per heavy atom. The number of aliphatic hydroxyl groups is 1. The summed E-state index contributed by atoms with van der Waals surface area (Å²) < 4.78 is 12.3. The van der Waals surface area contributed by atoms with Crippen LogP contribution in [0, 0.1) is 0 Å². The van der Waals surface area contributed by atoms with Crippen molar-refractivity contribution in [1.82, 2.24) is 9.99 Å². The van der Waals surface area contributed by atoms with Gasteiger partial charge in [-0.3, -0.25) is 4.79 Å². The molecule has 0 spiro atoms. The van der Waals surface area contributed by atoms with Gasteiger partial charge in [0.05, 0.1) is 19.9 Å². The van der Waals surface area contributed by atoms with Gasteiger partial charge in [0.15, 0.2) is 5.60 Å². The number of nitrogens with zero attached hydrogens (tertiary/aromatic N) is 2. The number of hydrogen-bond acceptors (Lipinski definition) is 6. The summed E-state index contributed by atoms with van der Waals surface area (Å²) in [7, 11) is 1.30. The Bertz CT molecular complexity index is 1560. The van der Waals surface area contributed by atoms with E-state index in [0.29, 0.717) is 23.4 Å². The Morgan fingerprint density at radius 1 is 0.947 bits per heavy atom. The molecule has 190 valence electrons. The average Bonchev–Trinajstić information content (AvgIpc) is 3.58. The third-order valence-corrected chi connectivity index (χ3v) is 6.28. The summed E-state index contributed by atoms with van der Waals surface area (Å²) in [6.07, 6.45) is 3.41. The number of methoxy groups -OCH3 is 1. The number of amides is 1. The third-order valence-electron chi connectivity index (χ3n) is 6.28. The number of furan rings is 1. The molecule has 0 bridgehead atoms. The van der Waals surface area contributed by atoms with Crippen molar-refractivity contribution in [3.05, 3.63) is 131 Å². The Kier molecular flexibility index (Phi) is 6.88. The monoisotopic (exact) mass is 507 g/mol. The molecule has 0 saturated heterocycles. The lowest BCUT2D eigenvalue weighted by Gasteiger charge is -2.27. The van der Waals surface area contributed by atoms with Gasteiger partial charge in [-0.25, -0.2) is 10.2 Å². The summed E-state index contributed by atoms with van der Waals surface area (Å²) >= 11 is 0. The molecule has 0 atom stereocenters. The van der Waals surface area contributed by atoms with Crippen LogP contribution >= 0.6 is 0 Å². The molecule has 2 aromatic heterocycles. The van der Waals surface area contributed by atoms with Crippen molar-refractivity contribution in [2.24, 2.45) is 5.10 Å². The molecular formula is C30H25N3O5. The smallest absolute Gasteiger partial charge is 0.373 e. The largest absolute Gasteiger partial charge is 0.463 e. The highest BCUT2D eigenvalue weighted by Crippen LogP contribution is 2.30. The van der Waals surface area contributed by atoms with Gasteiger partial charge < -0.3 is 18.8 Å². The third kappa shape index (κ3) is 4.72. The normalized spacial score (nSPS) is 11.6. The lowest BCUT2D eigenvalue weighted by molar-refractivity contribution is -0.136. The van der Waals surface area contributed by atoms with Crippen LogP contribution in [0.5, 0.6) is 0 Å². The predicted octanol–water partition coefficient (Wildman–Crippen LogP) is 4.46. The standard InChI is InChI=1S/C30H25N3O5/c1-37-28(34)27-17-16-24(38-27)20-33-19-21(25-14-8-9-15-26(25)33)18-31-32-29(35)30(36,22-10-4-2-5-11-22)23-12-6-3-7-13-23/h2-19,36H,20H2,1H3,(H,32,35)/b31-18-. The highest BCUT2D eigenvalue weighted by atomic mass is 16.5. The van der Waals surface area contributed by atoms with Gasteiger partial charge in [-0.2, -0.15) is 5.10 Å². The first-order chi connectivity index (χ1) is 18.5. The lowest BCUT2D eigenvalue weighted by atomic mass is 9.85. The molecule has 2 N–H and O–H groups in total. The number of ether oxygens (including phenoxy) is 1. The van der Waals surface area contributed by atoms with Crippen molar-refractivity contribution in [2.75, 3.05) is 7.11 Å². The van der Waals surface area contributed by atoms with Crippen LogP contribution in [0.2, 0.25) is 0 Å². The molecule has 2 heterocycles. The quantitative estimate of drug-likeness (QED) is 0.183. The molecule has 5 aromatic rings. The highest BCUT2D eigenvalue weighted by Gasteiger charge is 2.39. The fourth-order valence-electron chi connectivity index (χ4n) is 4.38. The minimum Gasteiger partial charge on any atom is -0.463 e. The number of aromatic nitrogens is 1. The summed E-state index contributed by atoms with van der Waals surface area (Å²) in [6.45, 7) is 0.374. The molecule has 0 radical (unpaired) electrons. The van der Waals surface area contributed by atoms with Gasteiger partial charge in [0.2, 0.25) is 5.76 Å². The van der Waals surface area contributed by atoms with E-state index < -0.39 is 17.5 Å². The zero-order valence-electron chi connectivity index (χ0n) is 20.6. The number of fused-ring (bicyclic) bond motifs is 1. The van der Waals surface area contributed by atoms with Crippen LogP contribution in [0.15, 0.2) is 113 Å². The summed E-state index contributed by atoms with van der Waals surface area (Å²) in [5, 5.41) is 16.7. The minimum atomic E-state index is -1.93. The maximum Gasteiger partial charge on any atom is 0.373 e. The van der Waals surface area contributed by atoms with Crippen molar-refractivity contribution in [3.8, 4) is 0 Å². The Balaban J connectivity index is 1.41. The molecule has 8 nitrogen and oxygen atoms in total. The summed E-state index contributed by atoms with van der Waals surface area (Å²) in [4.78, 5) is 25.0. The van der Waals surface area contributed by atoms with E-state index >= 15 is 0 Å². The molecule has 0 fully saturated rings. The van der Waals surface area contributed by atoms with Crippen molar-refractivity contribution in [1.29, 1.82) is 0 Å². The van der Waals surface area contributed by atoms with E-state index in [1.54, 1.807) is 60.7 Å². The second kappa shape index (κ2) is 10.6. The van der Waals surface area contributed by atoms with Crippen LogP contribution in [0.4, 0.5) is 0 Å². The van der Waals surface area contributed by atoms with Gasteiger partial charge in [-0.1, -0.05) is 78.9 Å². The fourth-order valence-corrected chi connectivity index (χ4v) is 4.38. The van der Waals surface area contributed by atoms with E-state index in [9.17, 15) is 14.7 Å². The van der Waals surface area contributed by atoms with E-state index in [1.165, 1.54) is 13.3 Å². The number of hydrogen-bond donors (Lipinski definition) is 2. The van der Waals surface area contributed by atoms with Crippen molar-refractivity contribution in [3.63, 3.8) is 0 Å². The van der Waals surface area contributed by atoms with Crippen LogP contribution in [-0.4, -0.2) is 34.9 Å². The predicted molar refractivity (Wildman–Crippen MR) is 143 cm³/mol. The van der Waals surface area contributed by atoms with Gasteiger partial charge in [-0.05, 0) is 29.3 Å². The molecule has 0 unspecified atom stereocenters. The molecular weight excluding hydrogens is 482 g/mol. The lowest BCUT2D eigenvalue weighted by Crippen LogP contribution is -2.43. The van der Waals surface area contributed by atoms with Crippen LogP contribution in [0.25, 0.3) is 10.9 Å². The number of hydrazone groups is 1. The van der Waals surface area contributed by atoms with E-state index in [2.05, 4.69) is 10.5 Å². The second-order valence-electron chi connectivity index (χ2n) is 8.63. The maximum atomic E-state index is 13.3. The van der Waals surface area contributed by atoms with E-state index in [0.717, 1.165) is 16.5 Å². The van der Waals surface area contributed by atoms with Crippen molar-refractivity contribution in [2.45, 2.75) is 12.1 Å². The van der Waals surface area contributed by atoms with Crippen LogP contribution in [-0.2, 0) is 21.7 Å². The topological polar surface area (TPSA) is 106 Å². The van der Waals surface area contributed by atoms with Gasteiger partial charge in [-0.15, -0.1) is 0 Å². The second-order valence-corrected chi connectivity index (χ2v) is 8.63. The van der Waals surface area contributed by atoms with Crippen molar-refractivity contribution < 1.29 is 23.8 Å². The van der Waals surface area contributed by atoms with E-state index in [1.807, 2.05) is 47.2 Å². The Labute approximate surface area is 218 Å². The molecule has 0 aliphatic rings. The average molecular weight is 508 g/mol.